The molecule has 2 fully saturated rings. The molecular weight excluding hydrogens is 318 g/mol. The Bertz CT molecular complexity index is 861. The van der Waals surface area contributed by atoms with Crippen molar-refractivity contribution >= 4 is 16.6 Å². The second-order valence-corrected chi connectivity index (χ2v) is 7.81. The van der Waals surface area contributed by atoms with Crippen LogP contribution in [0.2, 0.25) is 0 Å². The minimum Gasteiger partial charge on any atom is -0.369 e. The number of hydrogen-bond donors (Lipinski definition) is 1. The van der Waals surface area contributed by atoms with Crippen LogP contribution in [0, 0.1) is 0 Å². The summed E-state index contributed by atoms with van der Waals surface area (Å²) in [6.45, 7) is 4.69. The molecule has 0 spiro atoms. The predicted octanol–water partition coefficient (Wildman–Crippen LogP) is 4.63. The molecule has 2 unspecified atom stereocenters. The first-order chi connectivity index (χ1) is 12.9. The molecule has 1 aliphatic heterocycles. The average molecular weight is 345 g/mol. The standard InChI is InChI=1S/C23H27N3/c1-2-6-19(7-3-1)25-12-14-26(15-13-25)20-11-10-18(16-20)22-17-24-23-9-5-4-8-21(22)23/h1-9,17-18,20,24H,10-16H2. The van der Waals surface area contributed by atoms with Gasteiger partial charge in [-0.15, -0.1) is 0 Å². The minimum atomic E-state index is 0.711. The van der Waals surface area contributed by atoms with Gasteiger partial charge in [0.05, 0.1) is 0 Å². The lowest BCUT2D eigenvalue weighted by Gasteiger charge is -2.39. The molecular formula is C23H27N3. The minimum absolute atomic E-state index is 0.711. The molecule has 2 aromatic carbocycles. The topological polar surface area (TPSA) is 22.3 Å². The summed E-state index contributed by atoms with van der Waals surface area (Å²) >= 11 is 0. The summed E-state index contributed by atoms with van der Waals surface area (Å²) < 4.78 is 0. The molecule has 3 aromatic rings. The number of fused-ring (bicyclic) bond motifs is 1. The van der Waals surface area contributed by atoms with Crippen LogP contribution in [0.3, 0.4) is 0 Å². The molecule has 2 atom stereocenters. The first-order valence-electron chi connectivity index (χ1n) is 9.98. The van der Waals surface area contributed by atoms with Crippen LogP contribution in [-0.4, -0.2) is 42.1 Å². The fraction of sp³-hybridized carbons (Fsp3) is 0.391. The lowest BCUT2D eigenvalue weighted by molar-refractivity contribution is 0.186. The zero-order valence-electron chi connectivity index (χ0n) is 15.3. The highest BCUT2D eigenvalue weighted by atomic mass is 15.3. The molecule has 134 valence electrons. The van der Waals surface area contributed by atoms with Crippen molar-refractivity contribution in [2.75, 3.05) is 31.1 Å². The van der Waals surface area contributed by atoms with E-state index in [0.717, 1.165) is 19.1 Å². The molecule has 2 heterocycles. The summed E-state index contributed by atoms with van der Waals surface area (Å²) in [6.07, 6.45) is 6.24. The van der Waals surface area contributed by atoms with E-state index in [1.54, 1.807) is 0 Å². The zero-order valence-corrected chi connectivity index (χ0v) is 15.3. The van der Waals surface area contributed by atoms with Gasteiger partial charge in [-0.1, -0.05) is 36.4 Å². The molecule has 2 aliphatic rings. The number of hydrogen-bond acceptors (Lipinski definition) is 2. The van der Waals surface area contributed by atoms with Crippen LogP contribution in [0.15, 0.2) is 60.8 Å². The fourth-order valence-electron chi connectivity index (χ4n) is 4.99. The van der Waals surface area contributed by atoms with Gasteiger partial charge in [-0.2, -0.15) is 0 Å². The largest absolute Gasteiger partial charge is 0.369 e. The van der Waals surface area contributed by atoms with E-state index in [2.05, 4.69) is 75.6 Å². The van der Waals surface area contributed by atoms with Crippen molar-refractivity contribution < 1.29 is 0 Å². The van der Waals surface area contributed by atoms with E-state index in [-0.39, 0.29) is 0 Å². The van der Waals surface area contributed by atoms with Crippen molar-refractivity contribution in [1.82, 2.24) is 9.88 Å². The lowest BCUT2D eigenvalue weighted by atomic mass is 9.97. The number of rotatable bonds is 3. The second-order valence-electron chi connectivity index (χ2n) is 7.81. The first-order valence-corrected chi connectivity index (χ1v) is 9.98. The maximum Gasteiger partial charge on any atom is 0.0456 e. The summed E-state index contributed by atoms with van der Waals surface area (Å²) in [6, 6.07) is 20.4. The van der Waals surface area contributed by atoms with Gasteiger partial charge in [0.2, 0.25) is 0 Å². The highest BCUT2D eigenvalue weighted by molar-refractivity contribution is 5.83. The number of nitrogens with zero attached hydrogens (tertiary/aromatic N) is 2. The number of anilines is 1. The zero-order chi connectivity index (χ0) is 17.3. The van der Waals surface area contributed by atoms with E-state index in [0.29, 0.717) is 5.92 Å². The predicted molar refractivity (Wildman–Crippen MR) is 109 cm³/mol. The van der Waals surface area contributed by atoms with E-state index in [4.69, 9.17) is 0 Å². The second kappa shape index (κ2) is 6.81. The van der Waals surface area contributed by atoms with Gasteiger partial charge in [-0.3, -0.25) is 4.90 Å². The number of aromatic amines is 1. The third kappa shape index (κ3) is 2.90. The molecule has 3 nitrogen and oxygen atoms in total. The van der Waals surface area contributed by atoms with Crippen molar-refractivity contribution in [3.05, 3.63) is 66.4 Å². The summed E-state index contributed by atoms with van der Waals surface area (Å²) in [7, 11) is 0. The van der Waals surface area contributed by atoms with Crippen LogP contribution in [0.1, 0.15) is 30.7 Å². The molecule has 26 heavy (non-hydrogen) atoms. The Morgan fingerprint density at radius 3 is 2.42 bits per heavy atom. The molecule has 5 rings (SSSR count). The summed E-state index contributed by atoms with van der Waals surface area (Å²) in [4.78, 5) is 8.74. The maximum atomic E-state index is 3.46. The third-order valence-electron chi connectivity index (χ3n) is 6.42. The Morgan fingerprint density at radius 2 is 1.58 bits per heavy atom. The van der Waals surface area contributed by atoms with Crippen molar-refractivity contribution in [3.63, 3.8) is 0 Å². The van der Waals surface area contributed by atoms with E-state index in [9.17, 15) is 0 Å². The smallest absolute Gasteiger partial charge is 0.0456 e. The number of H-pyrrole nitrogens is 1. The summed E-state index contributed by atoms with van der Waals surface area (Å²) in [5.74, 6) is 0.711. The Kier molecular flexibility index (Phi) is 4.18. The van der Waals surface area contributed by atoms with Crippen LogP contribution in [-0.2, 0) is 0 Å². The van der Waals surface area contributed by atoms with Crippen molar-refractivity contribution in [2.45, 2.75) is 31.2 Å². The van der Waals surface area contributed by atoms with Crippen LogP contribution < -0.4 is 4.90 Å². The van der Waals surface area contributed by atoms with Gasteiger partial charge in [0.25, 0.3) is 0 Å². The van der Waals surface area contributed by atoms with Gasteiger partial charge in [0.1, 0.15) is 0 Å². The van der Waals surface area contributed by atoms with E-state index < -0.39 is 0 Å². The Hall–Kier alpha value is -2.26. The number of piperazine rings is 1. The average Bonchev–Trinajstić information content (AvgIpc) is 3.36. The molecule has 1 aromatic heterocycles. The van der Waals surface area contributed by atoms with Crippen molar-refractivity contribution in [3.8, 4) is 0 Å². The van der Waals surface area contributed by atoms with Gasteiger partial charge in [-0.25, -0.2) is 0 Å². The molecule has 3 heteroatoms. The Labute approximate surface area is 155 Å². The van der Waals surface area contributed by atoms with Gasteiger partial charge in [-0.05, 0) is 48.9 Å². The molecule has 1 aliphatic carbocycles. The third-order valence-corrected chi connectivity index (χ3v) is 6.42. The number of aromatic nitrogens is 1. The van der Waals surface area contributed by atoms with Crippen LogP contribution >= 0.6 is 0 Å². The van der Waals surface area contributed by atoms with Gasteiger partial charge < -0.3 is 9.88 Å². The quantitative estimate of drug-likeness (QED) is 0.748. The SMILES string of the molecule is c1ccc(N2CCN(C3CCC(c4c[nH]c5ccccc45)C3)CC2)cc1. The summed E-state index contributed by atoms with van der Waals surface area (Å²) in [5.41, 5.74) is 4.18. The Balaban J connectivity index is 1.23. The Morgan fingerprint density at radius 1 is 0.808 bits per heavy atom. The molecule has 0 radical (unpaired) electrons. The van der Waals surface area contributed by atoms with Crippen LogP contribution in [0.25, 0.3) is 10.9 Å². The number of nitrogens with one attached hydrogen (secondary N) is 1. The van der Waals surface area contributed by atoms with Gasteiger partial charge >= 0.3 is 0 Å². The molecule has 1 N–H and O–H groups in total. The van der Waals surface area contributed by atoms with Crippen LogP contribution in [0.5, 0.6) is 0 Å². The van der Waals surface area contributed by atoms with E-state index in [1.165, 1.54) is 54.5 Å². The van der Waals surface area contributed by atoms with Crippen molar-refractivity contribution in [2.24, 2.45) is 0 Å². The van der Waals surface area contributed by atoms with Crippen molar-refractivity contribution in [1.29, 1.82) is 0 Å². The molecule has 1 saturated heterocycles. The van der Waals surface area contributed by atoms with E-state index in [1.807, 2.05) is 0 Å². The highest BCUT2D eigenvalue weighted by Crippen LogP contribution is 2.40. The molecule has 1 saturated carbocycles. The number of benzene rings is 2. The monoisotopic (exact) mass is 345 g/mol. The highest BCUT2D eigenvalue weighted by Gasteiger charge is 2.32. The lowest BCUT2D eigenvalue weighted by Crippen LogP contribution is -2.49. The molecule has 0 bridgehead atoms. The van der Waals surface area contributed by atoms with Crippen LogP contribution in [0.4, 0.5) is 5.69 Å². The van der Waals surface area contributed by atoms with Gasteiger partial charge in [0.15, 0.2) is 0 Å². The summed E-state index contributed by atoms with van der Waals surface area (Å²) in [5, 5.41) is 1.42. The maximum absolute atomic E-state index is 3.46. The molecule has 0 amide bonds. The van der Waals surface area contributed by atoms with Gasteiger partial charge in [0, 0.05) is 55.0 Å². The van der Waals surface area contributed by atoms with E-state index >= 15 is 0 Å². The first kappa shape index (κ1) is 16.0. The number of para-hydroxylation sites is 2. The normalized spacial score (nSPS) is 24.4. The fourth-order valence-corrected chi connectivity index (χ4v) is 4.99.